The molecule has 3 aromatic rings. The zero-order chi connectivity index (χ0) is 20.9. The van der Waals surface area contributed by atoms with Crippen LogP contribution in [0.15, 0.2) is 78.7 Å². The zero-order valence-electron chi connectivity index (χ0n) is 16.2. The molecular weight excluding hydrogens is 396 g/mol. The number of nitriles is 1. The van der Waals surface area contributed by atoms with E-state index in [2.05, 4.69) is 11.1 Å². The van der Waals surface area contributed by atoms with Crippen LogP contribution >= 0.6 is 0 Å². The van der Waals surface area contributed by atoms with Crippen molar-refractivity contribution in [2.45, 2.75) is 19.0 Å². The minimum atomic E-state index is -1.06. The van der Waals surface area contributed by atoms with Gasteiger partial charge in [-0.1, -0.05) is 12.1 Å². The number of pyridine rings is 1. The topological polar surface area (TPSA) is 79.0 Å². The van der Waals surface area contributed by atoms with E-state index < -0.39 is 10.8 Å². The van der Waals surface area contributed by atoms with Gasteiger partial charge >= 0.3 is 0 Å². The van der Waals surface area contributed by atoms with Crippen molar-refractivity contribution in [3.05, 3.63) is 95.4 Å². The molecule has 6 nitrogen and oxygen atoms in total. The van der Waals surface area contributed by atoms with Crippen molar-refractivity contribution < 1.29 is 9.00 Å². The van der Waals surface area contributed by atoms with Crippen molar-refractivity contribution in [2.24, 2.45) is 0 Å². The fourth-order valence-electron chi connectivity index (χ4n) is 3.48. The molecule has 7 heteroatoms. The second-order valence-electron chi connectivity index (χ2n) is 7.04. The molecule has 2 atom stereocenters. The monoisotopic (exact) mass is 416 g/mol. The van der Waals surface area contributed by atoms with E-state index in [1.54, 1.807) is 28.8 Å². The Morgan fingerprint density at radius 3 is 2.67 bits per heavy atom. The number of hydrogen-bond donors (Lipinski definition) is 0. The van der Waals surface area contributed by atoms with Crippen molar-refractivity contribution >= 4 is 16.7 Å². The maximum atomic E-state index is 13.3. The number of carbonyl (C=O) groups is 1. The smallest absolute Gasteiger partial charge is 0.227 e. The van der Waals surface area contributed by atoms with E-state index in [0.29, 0.717) is 23.4 Å². The highest BCUT2D eigenvalue weighted by Crippen LogP contribution is 2.20. The Morgan fingerprint density at radius 1 is 1.23 bits per heavy atom. The van der Waals surface area contributed by atoms with E-state index in [-0.39, 0.29) is 18.4 Å². The van der Waals surface area contributed by atoms with Crippen LogP contribution in [0.1, 0.15) is 16.7 Å². The first-order valence-electron chi connectivity index (χ1n) is 9.54. The van der Waals surface area contributed by atoms with Gasteiger partial charge < -0.3 is 9.47 Å². The number of carbonyl (C=O) groups excluding carboxylic acids is 1. The third kappa shape index (κ3) is 4.39. The van der Waals surface area contributed by atoms with Gasteiger partial charge in [0, 0.05) is 53.2 Å². The first kappa shape index (κ1) is 19.8. The molecule has 1 aliphatic heterocycles. The van der Waals surface area contributed by atoms with Crippen LogP contribution < -0.4 is 0 Å². The molecule has 0 radical (unpaired) electrons. The molecule has 2 unspecified atom stereocenters. The summed E-state index contributed by atoms with van der Waals surface area (Å²) in [5.74, 6) is 0.291. The second-order valence-corrected chi connectivity index (χ2v) is 8.41. The average Bonchev–Trinajstić information content (AvgIpc) is 3.45. The fraction of sp³-hybridized carbons (Fsp3) is 0.174. The number of aromatic nitrogens is 2. The van der Waals surface area contributed by atoms with E-state index in [1.807, 2.05) is 59.4 Å². The van der Waals surface area contributed by atoms with Gasteiger partial charge in [0.1, 0.15) is 0 Å². The quantitative estimate of drug-likeness (QED) is 0.619. The summed E-state index contributed by atoms with van der Waals surface area (Å²) < 4.78 is 13.8. The van der Waals surface area contributed by atoms with Crippen LogP contribution in [-0.4, -0.2) is 36.4 Å². The van der Waals surface area contributed by atoms with E-state index in [1.165, 1.54) is 0 Å². The molecule has 1 aliphatic rings. The normalized spacial score (nSPS) is 17.6. The first-order valence-corrected chi connectivity index (χ1v) is 10.9. The lowest BCUT2D eigenvalue weighted by molar-refractivity contribution is -0.132. The molecule has 3 heterocycles. The predicted octanol–water partition coefficient (Wildman–Crippen LogP) is 2.96. The SMILES string of the molecule is N#Cc1cc(-n2cccc2)ccc1CC(=O)N(Cc1ccncc1)C1C=CS(=O)C1. The Morgan fingerprint density at radius 2 is 2.00 bits per heavy atom. The number of nitrogens with zero attached hydrogens (tertiary/aromatic N) is 4. The second kappa shape index (κ2) is 8.89. The van der Waals surface area contributed by atoms with Gasteiger partial charge in [0.15, 0.2) is 0 Å². The molecule has 0 saturated carbocycles. The van der Waals surface area contributed by atoms with Gasteiger partial charge in [-0.05, 0) is 47.5 Å². The van der Waals surface area contributed by atoms with Crippen LogP contribution in [0.5, 0.6) is 0 Å². The van der Waals surface area contributed by atoms with Gasteiger partial charge in [0.05, 0.1) is 29.8 Å². The maximum Gasteiger partial charge on any atom is 0.227 e. The minimum Gasteiger partial charge on any atom is -0.331 e. The Labute approximate surface area is 177 Å². The van der Waals surface area contributed by atoms with Crippen molar-refractivity contribution in [2.75, 3.05) is 5.75 Å². The summed E-state index contributed by atoms with van der Waals surface area (Å²) in [6.07, 6.45) is 9.13. The zero-order valence-corrected chi connectivity index (χ0v) is 17.0. The summed E-state index contributed by atoms with van der Waals surface area (Å²) >= 11 is 0. The van der Waals surface area contributed by atoms with E-state index in [0.717, 1.165) is 11.3 Å². The highest BCUT2D eigenvalue weighted by Gasteiger charge is 2.27. The molecule has 0 saturated heterocycles. The number of hydrogen-bond acceptors (Lipinski definition) is 4. The van der Waals surface area contributed by atoms with Gasteiger partial charge in [-0.3, -0.25) is 14.0 Å². The predicted molar refractivity (Wildman–Crippen MR) is 115 cm³/mol. The Kier molecular flexibility index (Phi) is 5.87. The van der Waals surface area contributed by atoms with Crippen LogP contribution in [0.2, 0.25) is 0 Å². The average molecular weight is 417 g/mol. The highest BCUT2D eigenvalue weighted by atomic mass is 32.2. The van der Waals surface area contributed by atoms with E-state index in [4.69, 9.17) is 0 Å². The van der Waals surface area contributed by atoms with E-state index >= 15 is 0 Å². The molecule has 0 bridgehead atoms. The van der Waals surface area contributed by atoms with Crippen molar-refractivity contribution in [3.8, 4) is 11.8 Å². The van der Waals surface area contributed by atoms with Gasteiger partial charge in [-0.25, -0.2) is 0 Å². The van der Waals surface area contributed by atoms with Crippen molar-refractivity contribution in [1.82, 2.24) is 14.5 Å². The number of amides is 1. The Bertz CT molecular complexity index is 1130. The van der Waals surface area contributed by atoms with Gasteiger partial charge in [0.2, 0.25) is 5.91 Å². The molecule has 0 N–H and O–H groups in total. The lowest BCUT2D eigenvalue weighted by Gasteiger charge is -2.28. The standard InChI is InChI=1S/C23H20N4O2S/c24-15-20-13-21(26-10-1-2-11-26)4-3-19(20)14-23(28)27(22-7-12-30(29)17-22)16-18-5-8-25-9-6-18/h1-13,22H,14,16-17H2. The van der Waals surface area contributed by atoms with Gasteiger partial charge in [-0.15, -0.1) is 0 Å². The lowest BCUT2D eigenvalue weighted by Crippen LogP contribution is -2.41. The molecule has 0 aliphatic carbocycles. The Balaban J connectivity index is 1.58. The van der Waals surface area contributed by atoms with Gasteiger partial charge in [0.25, 0.3) is 0 Å². The van der Waals surface area contributed by atoms with Crippen LogP contribution in [0.4, 0.5) is 0 Å². The molecule has 150 valence electrons. The fourth-order valence-corrected chi connectivity index (χ4v) is 4.58. The maximum absolute atomic E-state index is 13.3. The summed E-state index contributed by atoms with van der Waals surface area (Å²) in [7, 11) is -1.06. The van der Waals surface area contributed by atoms with Crippen molar-refractivity contribution in [3.63, 3.8) is 0 Å². The number of rotatable bonds is 6. The van der Waals surface area contributed by atoms with Crippen molar-refractivity contribution in [1.29, 1.82) is 5.26 Å². The third-order valence-corrected chi connectivity index (χ3v) is 6.20. The summed E-state index contributed by atoms with van der Waals surface area (Å²) in [6.45, 7) is 0.400. The molecule has 1 amide bonds. The van der Waals surface area contributed by atoms with Crippen LogP contribution in [-0.2, 0) is 28.6 Å². The van der Waals surface area contributed by atoms with Crippen LogP contribution in [0.3, 0.4) is 0 Å². The summed E-state index contributed by atoms with van der Waals surface area (Å²) in [4.78, 5) is 19.0. The summed E-state index contributed by atoms with van der Waals surface area (Å²) in [5.41, 5.74) is 2.98. The molecular formula is C23H20N4O2S. The molecule has 0 spiro atoms. The molecule has 0 fully saturated rings. The Hall–Kier alpha value is -3.50. The summed E-state index contributed by atoms with van der Waals surface area (Å²) in [6, 6.07) is 15.1. The highest BCUT2D eigenvalue weighted by molar-refractivity contribution is 7.88. The summed E-state index contributed by atoms with van der Waals surface area (Å²) in [5, 5.41) is 11.3. The minimum absolute atomic E-state index is 0.106. The number of benzene rings is 1. The molecule has 1 aromatic carbocycles. The molecule has 2 aromatic heterocycles. The van der Waals surface area contributed by atoms with Crippen LogP contribution in [0.25, 0.3) is 5.69 Å². The largest absolute Gasteiger partial charge is 0.331 e. The van der Waals surface area contributed by atoms with E-state index in [9.17, 15) is 14.3 Å². The first-order chi connectivity index (χ1) is 14.6. The molecule has 30 heavy (non-hydrogen) atoms. The molecule has 4 rings (SSSR count). The van der Waals surface area contributed by atoms with Crippen LogP contribution in [0, 0.1) is 11.3 Å². The lowest BCUT2D eigenvalue weighted by atomic mass is 10.0. The van der Waals surface area contributed by atoms with Gasteiger partial charge in [-0.2, -0.15) is 5.26 Å². The third-order valence-electron chi connectivity index (χ3n) is 5.07.